The van der Waals surface area contributed by atoms with Crippen molar-refractivity contribution in [1.29, 1.82) is 0 Å². The third kappa shape index (κ3) is 2.58. The summed E-state index contributed by atoms with van der Waals surface area (Å²) in [7, 11) is 0. The maximum absolute atomic E-state index is 10.3. The van der Waals surface area contributed by atoms with Gasteiger partial charge in [-0.05, 0) is 11.5 Å². The molecule has 1 N–H and O–H groups in total. The molecule has 0 amide bonds. The van der Waals surface area contributed by atoms with Gasteiger partial charge in [0.15, 0.2) is 0 Å². The lowest BCUT2D eigenvalue weighted by Gasteiger charge is -2.02. The van der Waals surface area contributed by atoms with Crippen LogP contribution in [0.1, 0.15) is 0 Å². The zero-order valence-corrected chi connectivity index (χ0v) is 9.05. The molecule has 0 aliphatic carbocycles. The summed E-state index contributed by atoms with van der Waals surface area (Å²) >= 11 is -1.23. The van der Waals surface area contributed by atoms with Crippen molar-refractivity contribution in [3.63, 3.8) is 0 Å². The van der Waals surface area contributed by atoms with Gasteiger partial charge in [-0.1, -0.05) is 30.3 Å². The average molecular weight is 240 g/mol. The molecule has 7 heteroatoms. The van der Waals surface area contributed by atoms with Gasteiger partial charge in [-0.15, -0.1) is 0 Å². The largest absolute Gasteiger partial charge is 0.755 e. The molecule has 2 rings (SSSR count). The molecule has 0 aliphatic rings. The number of hydrogen-bond acceptors (Lipinski definition) is 5. The molecule has 0 bridgehead atoms. The number of nitrogens with one attached hydrogen (secondary N) is 1. The minimum atomic E-state index is -2.38. The van der Waals surface area contributed by atoms with Gasteiger partial charge in [0.1, 0.15) is 5.01 Å². The maximum Gasteiger partial charge on any atom is 0.246 e. The van der Waals surface area contributed by atoms with Gasteiger partial charge in [0.25, 0.3) is 0 Å². The molecule has 0 spiro atoms. The van der Waals surface area contributed by atoms with Gasteiger partial charge < -0.3 is 4.55 Å². The van der Waals surface area contributed by atoms with Crippen LogP contribution in [-0.2, 0) is 11.3 Å². The SMILES string of the molecule is O=S([O-])Nc1nsc(-c2ccccc2)n1. The molecule has 0 saturated heterocycles. The van der Waals surface area contributed by atoms with Crippen LogP contribution in [0.15, 0.2) is 30.3 Å². The van der Waals surface area contributed by atoms with Crippen LogP contribution < -0.4 is 4.72 Å². The van der Waals surface area contributed by atoms with Crippen LogP contribution in [0.5, 0.6) is 0 Å². The second-order valence-corrected chi connectivity index (χ2v) is 4.05. The van der Waals surface area contributed by atoms with Gasteiger partial charge in [0, 0.05) is 16.8 Å². The van der Waals surface area contributed by atoms with E-state index in [-0.39, 0.29) is 5.95 Å². The average Bonchev–Trinajstić information content (AvgIpc) is 2.67. The van der Waals surface area contributed by atoms with E-state index in [4.69, 9.17) is 0 Å². The third-order valence-corrected chi connectivity index (χ3v) is 2.73. The fourth-order valence-electron chi connectivity index (χ4n) is 1.04. The van der Waals surface area contributed by atoms with E-state index < -0.39 is 11.3 Å². The predicted molar refractivity (Wildman–Crippen MR) is 57.9 cm³/mol. The van der Waals surface area contributed by atoms with E-state index in [2.05, 4.69) is 14.1 Å². The van der Waals surface area contributed by atoms with Crippen molar-refractivity contribution < 1.29 is 8.76 Å². The minimum absolute atomic E-state index is 0.104. The monoisotopic (exact) mass is 240 g/mol. The summed E-state index contributed by atoms with van der Waals surface area (Å²) in [5.74, 6) is 0.104. The number of hydrogen-bond donors (Lipinski definition) is 1. The Kier molecular flexibility index (Phi) is 3.05. The highest BCUT2D eigenvalue weighted by molar-refractivity contribution is 7.80. The van der Waals surface area contributed by atoms with Crippen LogP contribution in [0.2, 0.25) is 0 Å². The molecule has 1 unspecified atom stereocenters. The Morgan fingerprint density at radius 1 is 1.33 bits per heavy atom. The summed E-state index contributed by atoms with van der Waals surface area (Å²) in [4.78, 5) is 4.02. The molecule has 1 atom stereocenters. The topological polar surface area (TPSA) is 77.9 Å². The molecule has 5 nitrogen and oxygen atoms in total. The second kappa shape index (κ2) is 4.47. The van der Waals surface area contributed by atoms with E-state index >= 15 is 0 Å². The van der Waals surface area contributed by atoms with E-state index in [9.17, 15) is 8.76 Å². The van der Waals surface area contributed by atoms with Gasteiger partial charge >= 0.3 is 0 Å². The molecule has 78 valence electrons. The van der Waals surface area contributed by atoms with Crippen LogP contribution >= 0.6 is 11.5 Å². The molecule has 0 radical (unpaired) electrons. The third-order valence-electron chi connectivity index (χ3n) is 1.62. The minimum Gasteiger partial charge on any atom is -0.755 e. The fraction of sp³-hybridized carbons (Fsp3) is 0. The molecular weight excluding hydrogens is 234 g/mol. The van der Waals surface area contributed by atoms with Crippen molar-refractivity contribution in [3.8, 4) is 10.6 Å². The quantitative estimate of drug-likeness (QED) is 0.823. The highest BCUT2D eigenvalue weighted by Crippen LogP contribution is 2.22. The highest BCUT2D eigenvalue weighted by Gasteiger charge is 2.04. The Labute approximate surface area is 92.8 Å². The lowest BCUT2D eigenvalue weighted by molar-refractivity contribution is 0.542. The van der Waals surface area contributed by atoms with Crippen LogP contribution in [0.3, 0.4) is 0 Å². The van der Waals surface area contributed by atoms with Crippen LogP contribution in [0.4, 0.5) is 5.95 Å². The Hall–Kier alpha value is -1.31. The molecule has 0 aliphatic heterocycles. The van der Waals surface area contributed by atoms with E-state index in [1.54, 1.807) is 0 Å². The first-order valence-corrected chi connectivity index (χ1v) is 5.85. The number of nitrogens with zero attached hydrogens (tertiary/aromatic N) is 2. The van der Waals surface area contributed by atoms with Crippen LogP contribution in [0.25, 0.3) is 10.6 Å². The summed E-state index contributed by atoms with van der Waals surface area (Å²) in [5.41, 5.74) is 0.916. The van der Waals surface area contributed by atoms with Crippen molar-refractivity contribution in [2.45, 2.75) is 0 Å². The summed E-state index contributed by atoms with van der Waals surface area (Å²) in [6.07, 6.45) is 0. The Balaban J connectivity index is 2.24. The normalized spacial score (nSPS) is 12.3. The van der Waals surface area contributed by atoms with Crippen LogP contribution in [0, 0.1) is 0 Å². The lowest BCUT2D eigenvalue weighted by Crippen LogP contribution is -2.03. The zero-order valence-electron chi connectivity index (χ0n) is 7.41. The molecule has 1 heterocycles. The molecule has 0 fully saturated rings. The molecular formula is C8H6N3O2S2-. The Bertz CT molecular complexity index is 472. The maximum atomic E-state index is 10.3. The smallest absolute Gasteiger partial charge is 0.246 e. The van der Waals surface area contributed by atoms with Gasteiger partial charge in [0.2, 0.25) is 5.95 Å². The molecule has 1 aromatic heterocycles. The summed E-state index contributed by atoms with van der Waals surface area (Å²) in [5, 5.41) is 0.684. The van der Waals surface area contributed by atoms with E-state index in [0.717, 1.165) is 17.1 Å². The predicted octanol–water partition coefficient (Wildman–Crippen LogP) is 1.41. The second-order valence-electron chi connectivity index (χ2n) is 2.63. The molecule has 1 aromatic carbocycles. The molecule has 0 saturated carbocycles. The zero-order chi connectivity index (χ0) is 10.7. The fourth-order valence-corrected chi connectivity index (χ4v) is 1.96. The summed E-state index contributed by atoms with van der Waals surface area (Å²) in [6, 6.07) is 9.44. The number of aromatic nitrogens is 2. The highest BCUT2D eigenvalue weighted by atomic mass is 32.2. The van der Waals surface area contributed by atoms with Gasteiger partial charge in [-0.25, -0.2) is 0 Å². The molecule has 15 heavy (non-hydrogen) atoms. The number of benzene rings is 1. The van der Waals surface area contributed by atoms with Crippen molar-refractivity contribution in [3.05, 3.63) is 30.3 Å². The van der Waals surface area contributed by atoms with E-state index in [1.165, 1.54) is 0 Å². The van der Waals surface area contributed by atoms with Crippen molar-refractivity contribution in [2.24, 2.45) is 0 Å². The first-order valence-electron chi connectivity index (χ1n) is 4.01. The number of anilines is 1. The summed E-state index contributed by atoms with van der Waals surface area (Å²) < 4.78 is 26.6. The van der Waals surface area contributed by atoms with E-state index in [1.807, 2.05) is 30.3 Å². The Morgan fingerprint density at radius 3 is 2.73 bits per heavy atom. The van der Waals surface area contributed by atoms with E-state index in [0.29, 0.717) is 5.01 Å². The first kappa shape index (κ1) is 10.2. The first-order chi connectivity index (χ1) is 7.25. The van der Waals surface area contributed by atoms with Crippen molar-refractivity contribution in [1.82, 2.24) is 9.36 Å². The van der Waals surface area contributed by atoms with Gasteiger partial charge in [-0.2, -0.15) is 9.36 Å². The standard InChI is InChI=1S/C8H7N3O2S2/c12-15(13)11-8-9-7(14-10-8)6-4-2-1-3-5-6/h1-5H,(H,10,11)(H,12,13)/p-1. The number of rotatable bonds is 3. The van der Waals surface area contributed by atoms with Gasteiger partial charge in [0.05, 0.1) is 0 Å². The van der Waals surface area contributed by atoms with Gasteiger partial charge in [-0.3, -0.25) is 8.93 Å². The van der Waals surface area contributed by atoms with Crippen molar-refractivity contribution in [2.75, 3.05) is 4.72 Å². The molecule has 2 aromatic rings. The summed E-state index contributed by atoms with van der Waals surface area (Å²) in [6.45, 7) is 0. The van der Waals surface area contributed by atoms with Crippen LogP contribution in [-0.4, -0.2) is 18.1 Å². The lowest BCUT2D eigenvalue weighted by atomic mass is 10.2. The van der Waals surface area contributed by atoms with Crippen molar-refractivity contribution >= 4 is 28.7 Å². The Morgan fingerprint density at radius 2 is 2.07 bits per heavy atom.